The molecular weight excluding hydrogens is 382 g/mol. The molecule has 4 N–H and O–H groups in total. The van der Waals surface area contributed by atoms with E-state index in [1.54, 1.807) is 12.0 Å². The third-order valence-electron chi connectivity index (χ3n) is 6.32. The van der Waals surface area contributed by atoms with Crippen LogP contribution in [0.1, 0.15) is 17.2 Å². The first kappa shape index (κ1) is 19.2. The summed E-state index contributed by atoms with van der Waals surface area (Å²) in [6, 6.07) is 12.2. The maximum atomic E-state index is 10.9. The van der Waals surface area contributed by atoms with Gasteiger partial charge in [0.15, 0.2) is 11.5 Å². The van der Waals surface area contributed by atoms with Crippen molar-refractivity contribution in [2.75, 3.05) is 46.6 Å². The molecule has 0 unspecified atom stereocenters. The molecule has 2 aromatic carbocycles. The van der Waals surface area contributed by atoms with Crippen molar-refractivity contribution in [3.8, 4) is 17.2 Å². The molecule has 2 aliphatic heterocycles. The molecule has 5 rings (SSSR count). The zero-order valence-corrected chi connectivity index (χ0v) is 17.2. The lowest BCUT2D eigenvalue weighted by molar-refractivity contribution is -1.02. The Labute approximate surface area is 175 Å². The van der Waals surface area contributed by atoms with E-state index < -0.39 is 6.10 Å². The summed E-state index contributed by atoms with van der Waals surface area (Å²) in [7, 11) is 1.67. The highest BCUT2D eigenvalue weighted by Gasteiger charge is 2.27. The number of aromatic nitrogens is 1. The number of H-pyrrole nitrogens is 1. The maximum absolute atomic E-state index is 10.9. The van der Waals surface area contributed by atoms with Crippen LogP contribution in [0.4, 0.5) is 0 Å². The van der Waals surface area contributed by atoms with Crippen molar-refractivity contribution in [2.45, 2.75) is 12.6 Å². The average Bonchev–Trinajstić information content (AvgIpc) is 3.41. The molecule has 0 aliphatic carbocycles. The van der Waals surface area contributed by atoms with Gasteiger partial charge in [-0.2, -0.15) is 0 Å². The monoisotopic (exact) mass is 411 g/mol. The number of hydrogen-bond donors (Lipinski definition) is 4. The Morgan fingerprint density at radius 3 is 2.67 bits per heavy atom. The number of aliphatic hydroxyl groups excluding tert-OH is 1. The number of ether oxygens (including phenoxy) is 3. The molecule has 1 saturated heterocycles. The second kappa shape index (κ2) is 8.18. The predicted octanol–water partition coefficient (Wildman–Crippen LogP) is -0.0778. The van der Waals surface area contributed by atoms with Crippen LogP contribution in [-0.4, -0.2) is 56.7 Å². The molecule has 1 fully saturated rings. The number of aromatic amines is 1. The van der Waals surface area contributed by atoms with Crippen LogP contribution in [0, 0.1) is 0 Å². The minimum absolute atomic E-state index is 0.319. The SMILES string of the molecule is COc1ccc2[nH]cc([C@H](O)C[NH+]3CC[NH+](Cc4ccc5c(c4)OCO5)CC3)c2c1. The Morgan fingerprint density at radius 2 is 1.83 bits per heavy atom. The standard InChI is InChI=1S/C23H27N3O4/c1-28-17-3-4-20-18(11-17)19(12-24-20)21(27)14-26-8-6-25(7-9-26)13-16-2-5-22-23(10-16)30-15-29-22/h2-5,10-12,21,24,27H,6-9,13-15H2,1H3/p+2/t21-/m1/s1. The topological polar surface area (TPSA) is 72.6 Å². The summed E-state index contributed by atoms with van der Waals surface area (Å²) in [5.41, 5.74) is 3.26. The van der Waals surface area contributed by atoms with Gasteiger partial charge in [-0.05, 0) is 36.4 Å². The van der Waals surface area contributed by atoms with E-state index in [-0.39, 0.29) is 0 Å². The average molecular weight is 412 g/mol. The molecule has 1 atom stereocenters. The third-order valence-corrected chi connectivity index (χ3v) is 6.32. The normalized spacial score (nSPS) is 21.7. The fourth-order valence-electron chi connectivity index (χ4n) is 4.58. The number of methoxy groups -OCH3 is 1. The fourth-order valence-corrected chi connectivity index (χ4v) is 4.58. The van der Waals surface area contributed by atoms with Gasteiger partial charge in [-0.15, -0.1) is 0 Å². The van der Waals surface area contributed by atoms with Crippen LogP contribution in [0.25, 0.3) is 10.9 Å². The van der Waals surface area contributed by atoms with Gasteiger partial charge >= 0.3 is 0 Å². The van der Waals surface area contributed by atoms with Crippen LogP contribution in [0.3, 0.4) is 0 Å². The quantitative estimate of drug-likeness (QED) is 0.458. The minimum atomic E-state index is -0.490. The molecule has 0 saturated carbocycles. The van der Waals surface area contributed by atoms with Gasteiger partial charge in [0.25, 0.3) is 0 Å². The molecule has 0 spiro atoms. The molecule has 0 amide bonds. The molecule has 7 heteroatoms. The second-order valence-corrected chi connectivity index (χ2v) is 8.24. The minimum Gasteiger partial charge on any atom is -0.497 e. The number of rotatable bonds is 6. The number of benzene rings is 2. The number of piperazine rings is 1. The number of quaternary nitrogens is 2. The molecular formula is C23H29N3O4+2. The predicted molar refractivity (Wildman–Crippen MR) is 112 cm³/mol. The van der Waals surface area contributed by atoms with Crippen molar-refractivity contribution in [3.05, 3.63) is 53.7 Å². The van der Waals surface area contributed by atoms with Crippen LogP contribution in [0.15, 0.2) is 42.6 Å². The molecule has 2 aliphatic rings. The molecule has 0 radical (unpaired) electrons. The molecule has 158 valence electrons. The van der Waals surface area contributed by atoms with E-state index in [4.69, 9.17) is 14.2 Å². The van der Waals surface area contributed by atoms with E-state index in [9.17, 15) is 5.11 Å². The smallest absolute Gasteiger partial charge is 0.231 e. The van der Waals surface area contributed by atoms with E-state index in [2.05, 4.69) is 17.1 Å². The first-order chi connectivity index (χ1) is 14.7. The van der Waals surface area contributed by atoms with Gasteiger partial charge in [0.05, 0.1) is 7.11 Å². The van der Waals surface area contributed by atoms with Gasteiger partial charge in [0.2, 0.25) is 6.79 Å². The zero-order valence-electron chi connectivity index (χ0n) is 17.2. The van der Waals surface area contributed by atoms with Crippen LogP contribution in [-0.2, 0) is 6.54 Å². The van der Waals surface area contributed by atoms with Gasteiger partial charge < -0.3 is 34.1 Å². The van der Waals surface area contributed by atoms with E-state index in [1.165, 1.54) is 10.5 Å². The van der Waals surface area contributed by atoms with Gasteiger partial charge in [0, 0.05) is 28.2 Å². The van der Waals surface area contributed by atoms with Crippen molar-refractivity contribution in [3.63, 3.8) is 0 Å². The van der Waals surface area contributed by atoms with Crippen molar-refractivity contribution < 1.29 is 29.1 Å². The fraction of sp³-hybridized carbons (Fsp3) is 0.391. The number of aliphatic hydroxyl groups is 1. The van der Waals surface area contributed by atoms with Crippen LogP contribution in [0.5, 0.6) is 17.2 Å². The maximum Gasteiger partial charge on any atom is 0.231 e. The molecule has 3 heterocycles. The van der Waals surface area contributed by atoms with Crippen molar-refractivity contribution in [2.24, 2.45) is 0 Å². The highest BCUT2D eigenvalue weighted by Crippen LogP contribution is 2.32. The van der Waals surface area contributed by atoms with Gasteiger partial charge in [-0.25, -0.2) is 0 Å². The summed E-state index contributed by atoms with van der Waals surface area (Å²) in [6.45, 7) is 6.34. The summed E-state index contributed by atoms with van der Waals surface area (Å²) in [4.78, 5) is 6.29. The van der Waals surface area contributed by atoms with Crippen LogP contribution >= 0.6 is 0 Å². The first-order valence-corrected chi connectivity index (χ1v) is 10.6. The van der Waals surface area contributed by atoms with Gasteiger partial charge in [0.1, 0.15) is 51.1 Å². The van der Waals surface area contributed by atoms with Gasteiger partial charge in [-0.3, -0.25) is 0 Å². The summed E-state index contributed by atoms with van der Waals surface area (Å²) in [6.07, 6.45) is 1.44. The summed E-state index contributed by atoms with van der Waals surface area (Å²) < 4.78 is 16.2. The summed E-state index contributed by atoms with van der Waals surface area (Å²) >= 11 is 0. The Kier molecular flexibility index (Phi) is 5.25. The van der Waals surface area contributed by atoms with E-state index in [0.717, 1.165) is 73.0 Å². The first-order valence-electron chi connectivity index (χ1n) is 10.6. The Hall–Kier alpha value is -2.74. The van der Waals surface area contributed by atoms with Gasteiger partial charge in [-0.1, -0.05) is 0 Å². The molecule has 30 heavy (non-hydrogen) atoms. The summed E-state index contributed by atoms with van der Waals surface area (Å²) in [5, 5.41) is 11.9. The van der Waals surface area contributed by atoms with Crippen molar-refractivity contribution >= 4 is 10.9 Å². The van der Waals surface area contributed by atoms with Crippen molar-refractivity contribution in [1.29, 1.82) is 0 Å². The summed E-state index contributed by atoms with van der Waals surface area (Å²) in [5.74, 6) is 2.50. The Bertz CT molecular complexity index is 1030. The molecule has 7 nitrogen and oxygen atoms in total. The van der Waals surface area contributed by atoms with E-state index in [1.807, 2.05) is 30.5 Å². The molecule has 3 aromatic rings. The number of hydrogen-bond acceptors (Lipinski definition) is 4. The lowest BCUT2D eigenvalue weighted by Crippen LogP contribution is -3.27. The third kappa shape index (κ3) is 3.84. The highest BCUT2D eigenvalue weighted by atomic mass is 16.7. The second-order valence-electron chi connectivity index (χ2n) is 8.24. The highest BCUT2D eigenvalue weighted by molar-refractivity contribution is 5.85. The van der Waals surface area contributed by atoms with Crippen LogP contribution < -0.4 is 24.0 Å². The lowest BCUT2D eigenvalue weighted by atomic mass is 10.1. The Balaban J connectivity index is 1.17. The van der Waals surface area contributed by atoms with E-state index >= 15 is 0 Å². The lowest BCUT2D eigenvalue weighted by Gasteiger charge is -2.30. The van der Waals surface area contributed by atoms with Crippen molar-refractivity contribution in [1.82, 2.24) is 4.98 Å². The van der Waals surface area contributed by atoms with E-state index in [0.29, 0.717) is 6.79 Å². The largest absolute Gasteiger partial charge is 0.497 e. The van der Waals surface area contributed by atoms with Crippen LogP contribution in [0.2, 0.25) is 0 Å². The molecule has 1 aromatic heterocycles. The number of nitrogens with one attached hydrogen (secondary N) is 3. The Morgan fingerprint density at radius 1 is 1.03 bits per heavy atom. The molecule has 0 bridgehead atoms. The zero-order chi connectivity index (χ0) is 20.5. The number of fused-ring (bicyclic) bond motifs is 2.